The van der Waals surface area contributed by atoms with Crippen molar-refractivity contribution < 1.29 is 14.3 Å². The van der Waals surface area contributed by atoms with Crippen LogP contribution in [-0.4, -0.2) is 34.7 Å². The smallest absolute Gasteiger partial charge is 0.328 e. The first-order valence-electron chi connectivity index (χ1n) is 9.27. The molecule has 0 saturated heterocycles. The number of fused-ring (bicyclic) bond motifs is 1. The molecule has 0 aliphatic carbocycles. The summed E-state index contributed by atoms with van der Waals surface area (Å²) in [4.78, 5) is 39.7. The second kappa shape index (κ2) is 9.25. The number of amides is 1. The maximum absolute atomic E-state index is 12.8. The third-order valence-corrected chi connectivity index (χ3v) is 4.23. The molecule has 0 spiro atoms. The van der Waals surface area contributed by atoms with Gasteiger partial charge in [0.1, 0.15) is 0 Å². The number of carbonyl (C=O) groups is 1. The molecule has 1 aromatic heterocycles. The molecule has 0 fully saturated rings. The van der Waals surface area contributed by atoms with Crippen LogP contribution in [0.3, 0.4) is 0 Å². The lowest BCUT2D eigenvalue weighted by molar-refractivity contribution is -0.121. The Bertz CT molecular complexity index is 916. The maximum atomic E-state index is 12.8. The minimum absolute atomic E-state index is 0.00353. The van der Waals surface area contributed by atoms with Crippen LogP contribution in [0.15, 0.2) is 21.7 Å². The number of aromatic nitrogens is 2. The van der Waals surface area contributed by atoms with Gasteiger partial charge in [-0.1, -0.05) is 6.92 Å². The van der Waals surface area contributed by atoms with Crippen molar-refractivity contribution in [3.8, 4) is 11.5 Å². The summed E-state index contributed by atoms with van der Waals surface area (Å²) in [7, 11) is 0. The third kappa shape index (κ3) is 4.90. The molecular formula is C19H27N3O5. The number of hydrogen-bond donors (Lipinski definition) is 2. The van der Waals surface area contributed by atoms with Crippen LogP contribution in [0.25, 0.3) is 10.9 Å². The van der Waals surface area contributed by atoms with Gasteiger partial charge >= 0.3 is 5.69 Å². The van der Waals surface area contributed by atoms with Gasteiger partial charge in [0.05, 0.1) is 24.1 Å². The Kier molecular flexibility index (Phi) is 7.04. The van der Waals surface area contributed by atoms with Gasteiger partial charge in [0.25, 0.3) is 5.56 Å². The molecule has 0 unspecified atom stereocenters. The number of hydrogen-bond acceptors (Lipinski definition) is 5. The summed E-state index contributed by atoms with van der Waals surface area (Å²) >= 11 is 0. The minimum atomic E-state index is -0.560. The van der Waals surface area contributed by atoms with Crippen LogP contribution in [0.5, 0.6) is 11.5 Å². The van der Waals surface area contributed by atoms with Crippen LogP contribution in [-0.2, 0) is 11.3 Å². The van der Waals surface area contributed by atoms with E-state index in [-0.39, 0.29) is 24.9 Å². The summed E-state index contributed by atoms with van der Waals surface area (Å²) < 4.78 is 12.1. The zero-order valence-corrected chi connectivity index (χ0v) is 16.3. The van der Waals surface area contributed by atoms with Gasteiger partial charge in [0.2, 0.25) is 5.91 Å². The highest BCUT2D eigenvalue weighted by molar-refractivity contribution is 5.81. The van der Waals surface area contributed by atoms with Gasteiger partial charge in [-0.05, 0) is 33.3 Å². The zero-order chi connectivity index (χ0) is 20.0. The van der Waals surface area contributed by atoms with Crippen molar-refractivity contribution in [2.24, 2.45) is 0 Å². The van der Waals surface area contributed by atoms with Crippen molar-refractivity contribution in [3.05, 3.63) is 33.0 Å². The molecule has 2 N–H and O–H groups in total. The first-order valence-corrected chi connectivity index (χ1v) is 9.27. The highest BCUT2D eigenvalue weighted by Gasteiger charge is 2.14. The van der Waals surface area contributed by atoms with Crippen LogP contribution in [0.4, 0.5) is 0 Å². The van der Waals surface area contributed by atoms with Crippen molar-refractivity contribution in [2.45, 2.75) is 53.1 Å². The van der Waals surface area contributed by atoms with E-state index in [0.717, 1.165) is 11.0 Å². The van der Waals surface area contributed by atoms with E-state index < -0.39 is 11.2 Å². The lowest BCUT2D eigenvalue weighted by atomic mass is 10.2. The van der Waals surface area contributed by atoms with Gasteiger partial charge in [-0.3, -0.25) is 14.2 Å². The van der Waals surface area contributed by atoms with E-state index in [4.69, 9.17) is 9.47 Å². The molecule has 2 rings (SSSR count). The van der Waals surface area contributed by atoms with E-state index in [2.05, 4.69) is 10.3 Å². The van der Waals surface area contributed by atoms with Crippen molar-refractivity contribution in [2.75, 3.05) is 13.2 Å². The zero-order valence-electron chi connectivity index (χ0n) is 16.3. The molecule has 0 bridgehead atoms. The first-order chi connectivity index (χ1) is 12.9. The molecule has 0 aliphatic rings. The fourth-order valence-corrected chi connectivity index (χ4v) is 2.66. The van der Waals surface area contributed by atoms with Gasteiger partial charge < -0.3 is 19.8 Å². The van der Waals surface area contributed by atoms with E-state index >= 15 is 0 Å². The topological polar surface area (TPSA) is 102 Å². The van der Waals surface area contributed by atoms with Gasteiger partial charge in [-0.15, -0.1) is 0 Å². The Morgan fingerprint density at radius 2 is 1.78 bits per heavy atom. The molecule has 1 aromatic carbocycles. The largest absolute Gasteiger partial charge is 0.490 e. The Balaban J connectivity index is 2.38. The van der Waals surface area contributed by atoms with E-state index in [9.17, 15) is 14.4 Å². The molecule has 1 amide bonds. The van der Waals surface area contributed by atoms with Crippen LogP contribution in [0, 0.1) is 0 Å². The highest BCUT2D eigenvalue weighted by Crippen LogP contribution is 2.30. The third-order valence-electron chi connectivity index (χ3n) is 4.23. The average molecular weight is 377 g/mol. The van der Waals surface area contributed by atoms with Gasteiger partial charge in [-0.2, -0.15) is 0 Å². The Labute approximate surface area is 157 Å². The fourth-order valence-electron chi connectivity index (χ4n) is 2.66. The van der Waals surface area contributed by atoms with Crippen molar-refractivity contribution in [1.29, 1.82) is 0 Å². The van der Waals surface area contributed by atoms with Crippen LogP contribution >= 0.6 is 0 Å². The number of rotatable bonds is 9. The molecule has 0 radical (unpaired) electrons. The lowest BCUT2D eigenvalue weighted by Gasteiger charge is -2.13. The van der Waals surface area contributed by atoms with Crippen LogP contribution in [0.2, 0.25) is 0 Å². The monoisotopic (exact) mass is 377 g/mol. The number of aromatic amines is 1. The summed E-state index contributed by atoms with van der Waals surface area (Å²) in [5.74, 6) is 0.710. The molecule has 8 heteroatoms. The molecule has 0 aliphatic heterocycles. The van der Waals surface area contributed by atoms with Gasteiger partial charge in [0.15, 0.2) is 11.5 Å². The highest BCUT2D eigenvalue weighted by atomic mass is 16.5. The van der Waals surface area contributed by atoms with E-state index in [0.29, 0.717) is 35.6 Å². The van der Waals surface area contributed by atoms with Gasteiger partial charge in [0, 0.05) is 25.1 Å². The summed E-state index contributed by atoms with van der Waals surface area (Å²) in [5.41, 5.74) is -0.651. The molecule has 8 nitrogen and oxygen atoms in total. The lowest BCUT2D eigenvalue weighted by Crippen LogP contribution is -2.38. The predicted octanol–water partition coefficient (Wildman–Crippen LogP) is 1.79. The molecule has 2 aromatic rings. The van der Waals surface area contributed by atoms with E-state index in [1.165, 1.54) is 0 Å². The maximum Gasteiger partial charge on any atom is 0.328 e. The molecule has 148 valence electrons. The van der Waals surface area contributed by atoms with Crippen molar-refractivity contribution in [1.82, 2.24) is 14.9 Å². The molecule has 27 heavy (non-hydrogen) atoms. The van der Waals surface area contributed by atoms with Crippen LogP contribution in [0.1, 0.15) is 40.5 Å². The fraction of sp³-hybridized carbons (Fsp3) is 0.526. The molecular weight excluding hydrogens is 350 g/mol. The predicted molar refractivity (Wildman–Crippen MR) is 104 cm³/mol. The summed E-state index contributed by atoms with van der Waals surface area (Å²) in [6.07, 6.45) is 0.860. The first kappa shape index (κ1) is 20.5. The standard InChI is InChI=1S/C19H27N3O5/c1-5-12(4)20-17(23)8-9-22-18(24)13-10-15(26-6-2)16(27-7-3)11-14(13)21-19(22)25/h10-12H,5-9H2,1-4H3,(H,20,23)(H,21,25)/t12-/m1/s1. The Hall–Kier alpha value is -2.77. The minimum Gasteiger partial charge on any atom is -0.490 e. The van der Waals surface area contributed by atoms with Crippen molar-refractivity contribution >= 4 is 16.8 Å². The second-order valence-corrected chi connectivity index (χ2v) is 6.22. The summed E-state index contributed by atoms with van der Waals surface area (Å²) in [5, 5.41) is 3.13. The number of benzene rings is 1. The molecule has 1 heterocycles. The summed E-state index contributed by atoms with van der Waals surface area (Å²) in [6.45, 7) is 8.39. The quantitative estimate of drug-likeness (QED) is 0.694. The SMILES string of the molecule is CCOc1cc2[nH]c(=O)n(CCC(=O)N[C@H](C)CC)c(=O)c2cc1OCC. The van der Waals surface area contributed by atoms with Gasteiger partial charge in [-0.25, -0.2) is 4.79 Å². The van der Waals surface area contributed by atoms with E-state index in [1.54, 1.807) is 12.1 Å². The Morgan fingerprint density at radius 3 is 2.37 bits per heavy atom. The van der Waals surface area contributed by atoms with E-state index in [1.807, 2.05) is 27.7 Å². The normalized spacial score (nSPS) is 12.0. The number of H-pyrrole nitrogens is 1. The Morgan fingerprint density at radius 1 is 1.15 bits per heavy atom. The number of carbonyl (C=O) groups excluding carboxylic acids is 1. The van der Waals surface area contributed by atoms with Crippen molar-refractivity contribution in [3.63, 3.8) is 0 Å². The molecule has 1 atom stereocenters. The molecule has 0 saturated carbocycles. The second-order valence-electron chi connectivity index (χ2n) is 6.22. The number of nitrogens with one attached hydrogen (secondary N) is 2. The number of ether oxygens (including phenoxy) is 2. The van der Waals surface area contributed by atoms with Crippen LogP contribution < -0.4 is 26.0 Å². The average Bonchev–Trinajstić information content (AvgIpc) is 2.63. The number of nitrogens with zero attached hydrogens (tertiary/aromatic N) is 1. The summed E-state index contributed by atoms with van der Waals surface area (Å²) in [6, 6.07) is 3.21.